The van der Waals surface area contributed by atoms with Gasteiger partial charge < -0.3 is 0 Å². The zero-order valence-corrected chi connectivity index (χ0v) is 21.3. The third kappa shape index (κ3) is 2.48. The molecule has 0 unspecified atom stereocenters. The third-order valence-corrected chi connectivity index (χ3v) is 9.14. The Hall–Kier alpha value is -4.56. The Morgan fingerprint density at radius 1 is 0.447 bits per heavy atom. The van der Waals surface area contributed by atoms with E-state index < -0.39 is 0 Å². The number of fused-ring (bicyclic) bond motifs is 4. The second-order valence-electron chi connectivity index (χ2n) is 11.0. The predicted octanol–water partition coefficient (Wildman–Crippen LogP) is 8.69. The lowest BCUT2D eigenvalue weighted by molar-refractivity contribution is 0.709. The van der Waals surface area contributed by atoms with Crippen LogP contribution in [0.4, 0.5) is 0 Å². The van der Waals surface area contributed by atoms with Crippen molar-refractivity contribution < 1.29 is 0 Å². The van der Waals surface area contributed by atoms with Gasteiger partial charge in [0.1, 0.15) is 0 Å². The minimum Gasteiger partial charge on any atom is -0.248 e. The summed E-state index contributed by atoms with van der Waals surface area (Å²) in [6, 6.07) is 35.7. The van der Waals surface area contributed by atoms with Crippen LogP contribution in [0.15, 0.2) is 97.1 Å². The van der Waals surface area contributed by atoms with Gasteiger partial charge in [-0.2, -0.15) is 0 Å². The van der Waals surface area contributed by atoms with E-state index in [9.17, 15) is 0 Å². The first-order valence-electron chi connectivity index (χ1n) is 13.4. The Balaban J connectivity index is 1.34. The number of hydrogen-bond donors (Lipinski definition) is 0. The lowest BCUT2D eigenvalue weighted by Crippen LogP contribution is -2.29. The van der Waals surface area contributed by atoms with E-state index >= 15 is 0 Å². The average Bonchev–Trinajstić information content (AvgIpc) is 2.97. The molecule has 0 spiro atoms. The van der Waals surface area contributed by atoms with Gasteiger partial charge in [0.2, 0.25) is 0 Å². The Morgan fingerprint density at radius 3 is 1.21 bits per heavy atom. The summed E-state index contributed by atoms with van der Waals surface area (Å²) >= 11 is 0. The molecule has 3 aliphatic carbocycles. The molecular weight excluding hydrogens is 460 g/mol. The van der Waals surface area contributed by atoms with Crippen molar-refractivity contribution in [3.63, 3.8) is 0 Å². The Labute approximate surface area is 220 Å². The first kappa shape index (κ1) is 20.5. The molecule has 2 bridgehead atoms. The lowest BCUT2D eigenvalue weighted by atomic mass is 9.64. The van der Waals surface area contributed by atoms with E-state index in [1.165, 1.54) is 65.7 Å². The van der Waals surface area contributed by atoms with Gasteiger partial charge in [0.25, 0.3) is 0 Å². The molecule has 0 fully saturated rings. The van der Waals surface area contributed by atoms with Crippen molar-refractivity contribution in [3.05, 3.63) is 142 Å². The van der Waals surface area contributed by atoms with Crippen LogP contribution >= 0.6 is 0 Å². The fourth-order valence-electron chi connectivity index (χ4n) is 7.35. The van der Waals surface area contributed by atoms with Crippen LogP contribution in [0.25, 0.3) is 43.4 Å². The second-order valence-corrected chi connectivity index (χ2v) is 11.0. The highest BCUT2D eigenvalue weighted by molar-refractivity contribution is 6.11. The molecule has 2 nitrogen and oxygen atoms in total. The molecule has 0 radical (unpaired) electrons. The molecule has 10 rings (SSSR count). The smallest absolute Gasteiger partial charge is 0.0897 e. The fraction of sp³-hybridized carbons (Fsp3) is 0.111. The van der Waals surface area contributed by atoms with Gasteiger partial charge in [-0.3, -0.25) is 0 Å². The second kappa shape index (κ2) is 7.05. The molecule has 6 aromatic carbocycles. The summed E-state index contributed by atoms with van der Waals surface area (Å²) in [4.78, 5) is 10.7. The third-order valence-electron chi connectivity index (χ3n) is 9.14. The molecule has 7 aromatic rings. The first-order valence-corrected chi connectivity index (χ1v) is 13.4. The molecule has 38 heavy (non-hydrogen) atoms. The molecule has 0 saturated heterocycles. The number of nitrogens with zero attached hydrogens (tertiary/aromatic N) is 2. The van der Waals surface area contributed by atoms with E-state index in [2.05, 4.69) is 111 Å². The van der Waals surface area contributed by atoms with E-state index in [4.69, 9.17) is 9.97 Å². The number of benzene rings is 6. The summed E-state index contributed by atoms with van der Waals surface area (Å²) < 4.78 is 0. The Kier molecular flexibility index (Phi) is 3.80. The largest absolute Gasteiger partial charge is 0.248 e. The van der Waals surface area contributed by atoms with Crippen molar-refractivity contribution >= 4 is 43.4 Å². The highest BCUT2D eigenvalue weighted by Crippen LogP contribution is 2.54. The monoisotopic (exact) mass is 484 g/mol. The minimum absolute atomic E-state index is 0.142. The zero-order chi connectivity index (χ0) is 25.1. The molecule has 0 N–H and O–H groups in total. The van der Waals surface area contributed by atoms with Crippen molar-refractivity contribution in [1.82, 2.24) is 9.97 Å². The molecular formula is C36H24N2. The summed E-state index contributed by atoms with van der Waals surface area (Å²) in [5.41, 5.74) is 12.4. The van der Waals surface area contributed by atoms with Crippen LogP contribution in [0.5, 0.6) is 0 Å². The van der Waals surface area contributed by atoms with Crippen LogP contribution < -0.4 is 0 Å². The van der Waals surface area contributed by atoms with Gasteiger partial charge in [0.05, 0.1) is 34.3 Å². The standard InChI is InChI=1S/C36H24N2/c1-19-23-9-3-4-10-24(23)20(2)30-16-22-18-32-31(17-21(22)15-29(19)30)37-35-33-25-11-5-7-13-27(25)34(36(35)38-32)28-14-8-6-12-26(28)33/h3-18,33-34H,1-2H3. The van der Waals surface area contributed by atoms with Crippen LogP contribution in [0, 0.1) is 13.8 Å². The molecule has 0 atom stereocenters. The van der Waals surface area contributed by atoms with Gasteiger partial charge in [0, 0.05) is 0 Å². The number of aromatic nitrogens is 2. The van der Waals surface area contributed by atoms with Gasteiger partial charge in [-0.05, 0) is 104 Å². The maximum atomic E-state index is 5.35. The van der Waals surface area contributed by atoms with Gasteiger partial charge in [0.15, 0.2) is 0 Å². The minimum atomic E-state index is 0.142. The molecule has 178 valence electrons. The van der Waals surface area contributed by atoms with Gasteiger partial charge in [-0.1, -0.05) is 72.8 Å². The number of hydrogen-bond acceptors (Lipinski definition) is 2. The van der Waals surface area contributed by atoms with Gasteiger partial charge in [-0.15, -0.1) is 0 Å². The molecule has 3 aliphatic rings. The topological polar surface area (TPSA) is 25.8 Å². The van der Waals surface area contributed by atoms with E-state index in [0.29, 0.717) is 0 Å². The summed E-state index contributed by atoms with van der Waals surface area (Å²) in [6.07, 6.45) is 0. The van der Waals surface area contributed by atoms with Crippen LogP contribution in [0.2, 0.25) is 0 Å². The maximum Gasteiger partial charge on any atom is 0.0897 e. The fourth-order valence-corrected chi connectivity index (χ4v) is 7.35. The van der Waals surface area contributed by atoms with E-state index in [0.717, 1.165) is 22.4 Å². The average molecular weight is 485 g/mol. The van der Waals surface area contributed by atoms with Crippen molar-refractivity contribution in [2.75, 3.05) is 0 Å². The van der Waals surface area contributed by atoms with Crippen LogP contribution in [-0.2, 0) is 0 Å². The summed E-state index contributed by atoms with van der Waals surface area (Å²) in [5.74, 6) is 0.283. The van der Waals surface area contributed by atoms with Crippen LogP contribution in [0.3, 0.4) is 0 Å². The van der Waals surface area contributed by atoms with Crippen LogP contribution in [-0.4, -0.2) is 9.97 Å². The van der Waals surface area contributed by atoms with E-state index in [1.807, 2.05) is 0 Å². The van der Waals surface area contributed by atoms with Crippen molar-refractivity contribution in [3.8, 4) is 0 Å². The Morgan fingerprint density at radius 2 is 0.816 bits per heavy atom. The number of aryl methyl sites for hydroxylation is 2. The summed E-state index contributed by atoms with van der Waals surface area (Å²) in [6.45, 7) is 4.50. The molecule has 1 heterocycles. The summed E-state index contributed by atoms with van der Waals surface area (Å²) in [5, 5.41) is 7.75. The SMILES string of the molecule is Cc1c2ccccc2c(C)c2cc3cc4nc5c(nc4cc3cc12)C1c2ccccc2C5c2ccccc21. The molecule has 0 aliphatic heterocycles. The van der Waals surface area contributed by atoms with E-state index in [1.54, 1.807) is 0 Å². The first-order chi connectivity index (χ1) is 18.7. The predicted molar refractivity (Wildman–Crippen MR) is 156 cm³/mol. The zero-order valence-electron chi connectivity index (χ0n) is 21.3. The summed E-state index contributed by atoms with van der Waals surface area (Å²) in [7, 11) is 0. The quantitative estimate of drug-likeness (QED) is 0.201. The highest BCUT2D eigenvalue weighted by atomic mass is 14.9. The molecule has 0 amide bonds. The van der Waals surface area contributed by atoms with Crippen molar-refractivity contribution in [1.29, 1.82) is 0 Å². The highest BCUT2D eigenvalue weighted by Gasteiger charge is 2.43. The number of rotatable bonds is 0. The van der Waals surface area contributed by atoms with Crippen molar-refractivity contribution in [2.45, 2.75) is 25.7 Å². The van der Waals surface area contributed by atoms with Gasteiger partial charge in [-0.25, -0.2) is 9.97 Å². The van der Waals surface area contributed by atoms with Crippen molar-refractivity contribution in [2.24, 2.45) is 0 Å². The van der Waals surface area contributed by atoms with Gasteiger partial charge >= 0.3 is 0 Å². The molecule has 2 heteroatoms. The van der Waals surface area contributed by atoms with Crippen LogP contribution in [0.1, 0.15) is 56.6 Å². The lowest BCUT2D eigenvalue weighted by Gasteiger charge is -2.40. The van der Waals surface area contributed by atoms with E-state index in [-0.39, 0.29) is 11.8 Å². The molecule has 0 saturated carbocycles. The normalized spacial score (nSPS) is 17.2. The Bertz CT molecular complexity index is 1970. The maximum absolute atomic E-state index is 5.35. The molecule has 1 aromatic heterocycles.